The number of thiophene rings is 1. The Morgan fingerprint density at radius 3 is 2.76 bits per heavy atom. The number of nitrogens with one attached hydrogen (secondary N) is 1. The van der Waals surface area contributed by atoms with Gasteiger partial charge in [-0.3, -0.25) is 9.59 Å². The highest BCUT2D eigenvalue weighted by molar-refractivity contribution is 8.00. The van der Waals surface area contributed by atoms with Crippen LogP contribution in [0, 0.1) is 19.7 Å². The first-order valence-corrected chi connectivity index (χ1v) is 9.27. The monoisotopic (exact) mass is 378 g/mol. The lowest BCUT2D eigenvalue weighted by Crippen LogP contribution is -2.15. The van der Waals surface area contributed by atoms with Crippen LogP contribution in [0.2, 0.25) is 0 Å². The lowest BCUT2D eigenvalue weighted by atomic mass is 10.2. The third-order valence-electron chi connectivity index (χ3n) is 3.63. The fourth-order valence-corrected chi connectivity index (χ4v) is 3.98. The number of aromatic amines is 1. The minimum Gasteiger partial charge on any atom is -0.457 e. The van der Waals surface area contributed by atoms with Gasteiger partial charge in [-0.05, 0) is 43.7 Å². The fraction of sp³-hybridized carbons (Fsp3) is 0.235. The number of esters is 1. The van der Waals surface area contributed by atoms with E-state index in [-0.39, 0.29) is 23.7 Å². The van der Waals surface area contributed by atoms with Crippen molar-refractivity contribution in [2.45, 2.75) is 25.3 Å². The van der Waals surface area contributed by atoms with Crippen LogP contribution in [0.5, 0.6) is 0 Å². The van der Waals surface area contributed by atoms with Crippen LogP contribution in [0.4, 0.5) is 4.39 Å². The molecule has 8 heteroatoms. The number of carbonyl (C=O) groups is 1. The predicted molar refractivity (Wildman–Crippen MR) is 96.6 cm³/mol. The van der Waals surface area contributed by atoms with Crippen LogP contribution in [-0.2, 0) is 16.1 Å². The molecule has 0 spiro atoms. The number of benzene rings is 1. The summed E-state index contributed by atoms with van der Waals surface area (Å²) in [5, 5.41) is 0.587. The maximum Gasteiger partial charge on any atom is 0.316 e. The smallest absolute Gasteiger partial charge is 0.316 e. The Bertz CT molecular complexity index is 980. The number of hydrogen-bond donors (Lipinski definition) is 1. The number of H-pyrrole nitrogens is 1. The van der Waals surface area contributed by atoms with Gasteiger partial charge >= 0.3 is 5.97 Å². The van der Waals surface area contributed by atoms with Gasteiger partial charge in [0.25, 0.3) is 5.56 Å². The summed E-state index contributed by atoms with van der Waals surface area (Å²) in [6.45, 7) is 3.73. The fourth-order valence-electron chi connectivity index (χ4n) is 2.23. The van der Waals surface area contributed by atoms with Gasteiger partial charge in [0, 0.05) is 9.77 Å². The molecule has 3 rings (SSSR count). The molecule has 0 radical (unpaired) electrons. The predicted octanol–water partition coefficient (Wildman–Crippen LogP) is 3.58. The molecule has 0 amide bonds. The van der Waals surface area contributed by atoms with E-state index in [1.165, 1.54) is 35.2 Å². The summed E-state index contributed by atoms with van der Waals surface area (Å²) in [5.74, 6) is -0.346. The van der Waals surface area contributed by atoms with Crippen molar-refractivity contribution in [3.05, 3.63) is 56.7 Å². The number of thioether (sulfide) groups is 1. The van der Waals surface area contributed by atoms with E-state index in [0.717, 1.165) is 15.3 Å². The quantitative estimate of drug-likeness (QED) is 0.543. The molecule has 0 aliphatic rings. The van der Waals surface area contributed by atoms with Gasteiger partial charge in [0.05, 0.1) is 11.1 Å². The number of ether oxygens (including phenoxy) is 1. The first-order valence-electron chi connectivity index (χ1n) is 7.47. The SMILES string of the molecule is Cc1sc2nc(COC(=O)CSc3ccc(F)cc3)[nH]c(=O)c2c1C. The van der Waals surface area contributed by atoms with Crippen LogP contribution in [-0.4, -0.2) is 21.7 Å². The molecule has 0 atom stereocenters. The van der Waals surface area contributed by atoms with Gasteiger partial charge in [-0.1, -0.05) is 0 Å². The molecule has 25 heavy (non-hydrogen) atoms. The average molecular weight is 378 g/mol. The van der Waals surface area contributed by atoms with Crippen molar-refractivity contribution in [3.63, 3.8) is 0 Å². The van der Waals surface area contributed by atoms with Gasteiger partial charge in [-0.2, -0.15) is 0 Å². The molecule has 0 saturated heterocycles. The van der Waals surface area contributed by atoms with Crippen LogP contribution in [0.25, 0.3) is 10.2 Å². The van der Waals surface area contributed by atoms with Crippen molar-refractivity contribution in [1.29, 1.82) is 0 Å². The van der Waals surface area contributed by atoms with Crippen molar-refractivity contribution < 1.29 is 13.9 Å². The van der Waals surface area contributed by atoms with Crippen molar-refractivity contribution in [2.24, 2.45) is 0 Å². The number of nitrogens with zero attached hydrogens (tertiary/aromatic N) is 1. The van der Waals surface area contributed by atoms with Crippen molar-refractivity contribution in [1.82, 2.24) is 9.97 Å². The van der Waals surface area contributed by atoms with Gasteiger partial charge < -0.3 is 9.72 Å². The molecule has 5 nitrogen and oxygen atoms in total. The number of rotatable bonds is 5. The van der Waals surface area contributed by atoms with Crippen molar-refractivity contribution >= 4 is 39.3 Å². The molecule has 2 aromatic heterocycles. The number of fused-ring (bicyclic) bond motifs is 1. The Morgan fingerprint density at radius 1 is 1.32 bits per heavy atom. The lowest BCUT2D eigenvalue weighted by molar-refractivity contribution is -0.141. The summed E-state index contributed by atoms with van der Waals surface area (Å²) < 4.78 is 18.0. The van der Waals surface area contributed by atoms with Gasteiger partial charge in [0.1, 0.15) is 23.1 Å². The standard InChI is InChI=1S/C17H15FN2O3S2/c1-9-10(2)25-17-15(9)16(22)19-13(20-17)7-23-14(21)8-24-12-5-3-11(18)4-6-12/h3-6H,7-8H2,1-2H3,(H,19,20,22). The second kappa shape index (κ2) is 7.37. The molecule has 0 bridgehead atoms. The highest BCUT2D eigenvalue weighted by Crippen LogP contribution is 2.25. The second-order valence-corrected chi connectivity index (χ2v) is 7.63. The normalized spacial score (nSPS) is 11.0. The Kier molecular flexibility index (Phi) is 5.19. The summed E-state index contributed by atoms with van der Waals surface area (Å²) in [6.07, 6.45) is 0. The Balaban J connectivity index is 1.61. The average Bonchev–Trinajstić information content (AvgIpc) is 2.87. The summed E-state index contributed by atoms with van der Waals surface area (Å²) >= 11 is 2.70. The molecule has 2 heterocycles. The Hall–Kier alpha value is -2.19. The number of aromatic nitrogens is 2. The van der Waals surface area contributed by atoms with Crippen molar-refractivity contribution in [3.8, 4) is 0 Å². The van der Waals surface area contributed by atoms with E-state index in [4.69, 9.17) is 4.74 Å². The minimum atomic E-state index is -0.435. The van der Waals surface area contributed by atoms with E-state index in [1.54, 1.807) is 12.1 Å². The van der Waals surface area contributed by atoms with E-state index in [0.29, 0.717) is 16.0 Å². The number of carbonyl (C=O) groups excluding carboxylic acids is 1. The Morgan fingerprint density at radius 2 is 2.04 bits per heavy atom. The molecule has 1 aromatic carbocycles. The summed E-state index contributed by atoms with van der Waals surface area (Å²) in [4.78, 5) is 33.4. The molecular weight excluding hydrogens is 363 g/mol. The maximum absolute atomic E-state index is 12.8. The first kappa shape index (κ1) is 17.6. The summed E-state index contributed by atoms with van der Waals surface area (Å²) in [5.41, 5.74) is 0.701. The van der Waals surface area contributed by atoms with E-state index in [1.807, 2.05) is 13.8 Å². The molecule has 3 aromatic rings. The van der Waals surface area contributed by atoms with Crippen LogP contribution < -0.4 is 5.56 Å². The van der Waals surface area contributed by atoms with Crippen LogP contribution in [0.3, 0.4) is 0 Å². The van der Waals surface area contributed by atoms with Gasteiger partial charge in [0.15, 0.2) is 0 Å². The highest BCUT2D eigenvalue weighted by atomic mass is 32.2. The molecule has 0 fully saturated rings. The largest absolute Gasteiger partial charge is 0.457 e. The molecule has 0 saturated carbocycles. The molecule has 0 unspecified atom stereocenters. The maximum atomic E-state index is 12.8. The first-order chi connectivity index (χ1) is 11.9. The zero-order valence-electron chi connectivity index (χ0n) is 13.6. The van der Waals surface area contributed by atoms with Crippen LogP contribution in [0.15, 0.2) is 34.0 Å². The minimum absolute atomic E-state index is 0.0926. The van der Waals surface area contributed by atoms with Gasteiger partial charge in [-0.15, -0.1) is 23.1 Å². The summed E-state index contributed by atoms with van der Waals surface area (Å²) in [7, 11) is 0. The van der Waals surface area contributed by atoms with Gasteiger partial charge in [-0.25, -0.2) is 9.37 Å². The number of halogens is 1. The van der Waals surface area contributed by atoms with E-state index >= 15 is 0 Å². The molecular formula is C17H15FN2O3S2. The number of aryl methyl sites for hydroxylation is 2. The van der Waals surface area contributed by atoms with Crippen molar-refractivity contribution in [2.75, 3.05) is 5.75 Å². The molecule has 0 aliphatic heterocycles. The molecule has 0 aliphatic carbocycles. The zero-order chi connectivity index (χ0) is 18.0. The van der Waals surface area contributed by atoms with Gasteiger partial charge in [0.2, 0.25) is 0 Å². The zero-order valence-corrected chi connectivity index (χ0v) is 15.2. The third-order valence-corrected chi connectivity index (χ3v) is 5.71. The molecule has 1 N–H and O–H groups in total. The van der Waals surface area contributed by atoms with E-state index in [2.05, 4.69) is 9.97 Å². The Labute approximate surface area is 151 Å². The second-order valence-electron chi connectivity index (χ2n) is 5.38. The lowest BCUT2D eigenvalue weighted by Gasteiger charge is -2.05. The van der Waals surface area contributed by atoms with Crippen LogP contribution in [0.1, 0.15) is 16.3 Å². The molecule has 130 valence electrons. The van der Waals surface area contributed by atoms with E-state index < -0.39 is 5.97 Å². The number of hydrogen-bond acceptors (Lipinski definition) is 6. The van der Waals surface area contributed by atoms with Crippen LogP contribution >= 0.6 is 23.1 Å². The van der Waals surface area contributed by atoms with E-state index in [9.17, 15) is 14.0 Å². The summed E-state index contributed by atoms with van der Waals surface area (Å²) in [6, 6.07) is 5.87. The third kappa shape index (κ3) is 4.08. The highest BCUT2D eigenvalue weighted by Gasteiger charge is 2.13. The topological polar surface area (TPSA) is 72.0 Å².